The fraction of sp³-hybridized carbons (Fsp3) is 0.600. The van der Waals surface area contributed by atoms with Crippen molar-refractivity contribution >= 4 is 23.0 Å². The van der Waals surface area contributed by atoms with Gasteiger partial charge in [-0.15, -0.1) is 0 Å². The zero-order chi connectivity index (χ0) is 19.8. The van der Waals surface area contributed by atoms with Crippen LogP contribution in [0.1, 0.15) is 30.9 Å². The molecule has 2 N–H and O–H groups in total. The normalized spacial score (nSPS) is 20.8. The Hall–Kier alpha value is -1.74. The van der Waals surface area contributed by atoms with Crippen molar-refractivity contribution in [1.29, 1.82) is 0 Å². The summed E-state index contributed by atoms with van der Waals surface area (Å²) in [6.07, 6.45) is 2.44. The first-order valence-electron chi connectivity index (χ1n) is 9.83. The fourth-order valence-electron chi connectivity index (χ4n) is 3.38. The molecule has 7 nitrogen and oxygen atoms in total. The molecule has 2 saturated heterocycles. The molecular weight excluding hydrogens is 376 g/mol. The van der Waals surface area contributed by atoms with E-state index in [1.807, 2.05) is 19.1 Å². The minimum atomic E-state index is 0.245. The maximum Gasteiger partial charge on any atom is 0.187 e. The standard InChI is InChI=1S/C20H30N4O3S/c1-15(22-23-20(28)21-13-18-4-3-9-27-18)16-5-6-19(25-2)17(12-16)14-24-7-10-26-11-8-24/h5-6,12,18H,3-4,7-11,13-14H2,1-2H3,(H2,21,23,28)/b22-15-/t18-/m1/s1. The van der Waals surface area contributed by atoms with E-state index >= 15 is 0 Å². The van der Waals surface area contributed by atoms with Gasteiger partial charge in [0, 0.05) is 38.3 Å². The smallest absolute Gasteiger partial charge is 0.187 e. The van der Waals surface area contributed by atoms with Gasteiger partial charge in [-0.05, 0) is 55.7 Å². The van der Waals surface area contributed by atoms with Crippen LogP contribution in [0.15, 0.2) is 23.3 Å². The van der Waals surface area contributed by atoms with Gasteiger partial charge in [0.1, 0.15) is 5.75 Å². The molecule has 1 atom stereocenters. The number of ether oxygens (including phenoxy) is 3. The summed E-state index contributed by atoms with van der Waals surface area (Å²) in [6, 6.07) is 6.15. The number of hydrogen-bond donors (Lipinski definition) is 2. The number of nitrogens with one attached hydrogen (secondary N) is 2. The molecule has 1 aromatic rings. The Morgan fingerprint density at radius 3 is 2.86 bits per heavy atom. The predicted molar refractivity (Wildman–Crippen MR) is 114 cm³/mol. The lowest BCUT2D eigenvalue weighted by atomic mass is 10.1. The Morgan fingerprint density at radius 2 is 2.14 bits per heavy atom. The molecule has 0 bridgehead atoms. The van der Waals surface area contributed by atoms with Gasteiger partial charge in [0.15, 0.2) is 5.11 Å². The first-order valence-corrected chi connectivity index (χ1v) is 10.2. The molecule has 2 aliphatic heterocycles. The summed E-state index contributed by atoms with van der Waals surface area (Å²) in [5, 5.41) is 8.11. The van der Waals surface area contributed by atoms with Crippen molar-refractivity contribution < 1.29 is 14.2 Å². The van der Waals surface area contributed by atoms with Crippen LogP contribution in [-0.4, -0.2) is 68.4 Å². The molecule has 0 saturated carbocycles. The number of nitrogens with zero attached hydrogens (tertiary/aromatic N) is 2. The number of hydrazone groups is 1. The van der Waals surface area contributed by atoms with E-state index in [2.05, 4.69) is 26.8 Å². The van der Waals surface area contributed by atoms with E-state index < -0.39 is 0 Å². The maximum atomic E-state index is 5.59. The molecule has 0 unspecified atom stereocenters. The van der Waals surface area contributed by atoms with Gasteiger partial charge in [0.05, 0.1) is 32.1 Å². The second-order valence-corrected chi connectivity index (χ2v) is 7.48. The fourth-order valence-corrected chi connectivity index (χ4v) is 3.51. The molecule has 8 heteroatoms. The SMILES string of the molecule is COc1ccc(/C(C)=N\NC(=S)NC[C@H]2CCCO2)cc1CN1CCOCC1. The lowest BCUT2D eigenvalue weighted by molar-refractivity contribution is 0.0339. The van der Waals surface area contributed by atoms with Gasteiger partial charge in [-0.2, -0.15) is 5.10 Å². The van der Waals surface area contributed by atoms with E-state index in [1.165, 1.54) is 0 Å². The maximum absolute atomic E-state index is 5.59. The Bertz CT molecular complexity index is 686. The summed E-state index contributed by atoms with van der Waals surface area (Å²) in [5.41, 5.74) is 5.99. The molecule has 2 heterocycles. The van der Waals surface area contributed by atoms with Crippen molar-refractivity contribution in [1.82, 2.24) is 15.6 Å². The van der Waals surface area contributed by atoms with Gasteiger partial charge >= 0.3 is 0 Å². The monoisotopic (exact) mass is 406 g/mol. The third-order valence-corrected chi connectivity index (χ3v) is 5.27. The van der Waals surface area contributed by atoms with Crippen LogP contribution in [-0.2, 0) is 16.0 Å². The van der Waals surface area contributed by atoms with Crippen LogP contribution >= 0.6 is 12.2 Å². The summed E-state index contributed by atoms with van der Waals surface area (Å²) < 4.78 is 16.6. The third kappa shape index (κ3) is 6.13. The summed E-state index contributed by atoms with van der Waals surface area (Å²) >= 11 is 5.31. The van der Waals surface area contributed by atoms with Crippen molar-refractivity contribution in [2.45, 2.75) is 32.4 Å². The minimum Gasteiger partial charge on any atom is -0.496 e. The number of thiocarbonyl (C=S) groups is 1. The lowest BCUT2D eigenvalue weighted by Gasteiger charge is -2.27. The first kappa shape index (κ1) is 21.0. The van der Waals surface area contributed by atoms with Crippen molar-refractivity contribution in [3.63, 3.8) is 0 Å². The quantitative estimate of drug-likeness (QED) is 0.407. The molecule has 2 fully saturated rings. The van der Waals surface area contributed by atoms with Crippen molar-refractivity contribution in [3.05, 3.63) is 29.3 Å². The number of methoxy groups -OCH3 is 1. The lowest BCUT2D eigenvalue weighted by Crippen LogP contribution is -2.37. The summed E-state index contributed by atoms with van der Waals surface area (Å²) in [5.74, 6) is 0.893. The van der Waals surface area contributed by atoms with Crippen LogP contribution in [0, 0.1) is 0 Å². The van der Waals surface area contributed by atoms with E-state index in [9.17, 15) is 0 Å². The molecule has 0 amide bonds. The van der Waals surface area contributed by atoms with Gasteiger partial charge in [-0.25, -0.2) is 0 Å². The van der Waals surface area contributed by atoms with Gasteiger partial charge in [0.25, 0.3) is 0 Å². The van der Waals surface area contributed by atoms with Crippen LogP contribution < -0.4 is 15.5 Å². The number of benzene rings is 1. The highest BCUT2D eigenvalue weighted by Crippen LogP contribution is 2.22. The second kappa shape index (κ2) is 10.7. The van der Waals surface area contributed by atoms with E-state index in [0.29, 0.717) is 11.7 Å². The molecule has 0 aliphatic carbocycles. The summed E-state index contributed by atoms with van der Waals surface area (Å²) in [6.45, 7) is 7.80. The summed E-state index contributed by atoms with van der Waals surface area (Å²) in [4.78, 5) is 2.37. The van der Waals surface area contributed by atoms with Crippen molar-refractivity contribution in [2.75, 3.05) is 46.6 Å². The molecule has 28 heavy (non-hydrogen) atoms. The highest BCUT2D eigenvalue weighted by Gasteiger charge is 2.16. The van der Waals surface area contributed by atoms with Crippen LogP contribution in [0.5, 0.6) is 5.75 Å². The topological polar surface area (TPSA) is 67.3 Å². The number of hydrogen-bond acceptors (Lipinski definition) is 6. The van der Waals surface area contributed by atoms with E-state index in [1.54, 1.807) is 7.11 Å². The van der Waals surface area contributed by atoms with E-state index in [-0.39, 0.29) is 6.10 Å². The van der Waals surface area contributed by atoms with Gasteiger partial charge < -0.3 is 19.5 Å². The van der Waals surface area contributed by atoms with Crippen LogP contribution in [0.2, 0.25) is 0 Å². The molecule has 0 radical (unpaired) electrons. The number of rotatable bonds is 7. The van der Waals surface area contributed by atoms with Crippen LogP contribution in [0.4, 0.5) is 0 Å². The van der Waals surface area contributed by atoms with Crippen LogP contribution in [0.25, 0.3) is 0 Å². The Balaban J connectivity index is 1.58. The molecule has 154 valence electrons. The first-order chi connectivity index (χ1) is 13.7. The Labute approximate surface area is 172 Å². The highest BCUT2D eigenvalue weighted by atomic mass is 32.1. The highest BCUT2D eigenvalue weighted by molar-refractivity contribution is 7.80. The van der Waals surface area contributed by atoms with Crippen molar-refractivity contribution in [2.24, 2.45) is 5.10 Å². The molecule has 1 aromatic carbocycles. The zero-order valence-corrected chi connectivity index (χ0v) is 17.5. The Kier molecular flexibility index (Phi) is 8.02. The van der Waals surface area contributed by atoms with E-state index in [0.717, 1.165) is 74.9 Å². The minimum absolute atomic E-state index is 0.245. The van der Waals surface area contributed by atoms with Crippen LogP contribution in [0.3, 0.4) is 0 Å². The molecule has 2 aliphatic rings. The van der Waals surface area contributed by atoms with Gasteiger partial charge in [-0.3, -0.25) is 10.3 Å². The molecule has 3 rings (SSSR count). The largest absolute Gasteiger partial charge is 0.496 e. The molecule has 0 aromatic heterocycles. The predicted octanol–water partition coefficient (Wildman–Crippen LogP) is 1.89. The second-order valence-electron chi connectivity index (χ2n) is 7.07. The number of morpholine rings is 1. The molecular formula is C20H30N4O3S. The summed E-state index contributed by atoms with van der Waals surface area (Å²) in [7, 11) is 1.71. The zero-order valence-electron chi connectivity index (χ0n) is 16.7. The Morgan fingerprint density at radius 1 is 1.32 bits per heavy atom. The third-order valence-electron chi connectivity index (χ3n) is 5.04. The average molecular weight is 407 g/mol. The van der Waals surface area contributed by atoms with Gasteiger partial charge in [-0.1, -0.05) is 0 Å². The van der Waals surface area contributed by atoms with E-state index in [4.69, 9.17) is 26.4 Å². The average Bonchev–Trinajstić information content (AvgIpc) is 3.25. The van der Waals surface area contributed by atoms with Crippen molar-refractivity contribution in [3.8, 4) is 5.75 Å². The molecule has 0 spiro atoms. The van der Waals surface area contributed by atoms with Gasteiger partial charge in [0.2, 0.25) is 0 Å².